The molecule has 7 rings (SSSR count). The number of anilines is 2. The maximum absolute atomic E-state index is 14.0. The smallest absolute Gasteiger partial charge is 0.405 e. The maximum atomic E-state index is 14.0. The number of nitrogens with zero attached hydrogens (tertiary/aromatic N) is 5. The molecule has 0 aliphatic carbocycles. The highest BCUT2D eigenvalue weighted by Crippen LogP contribution is 2.49. The zero-order valence-electron chi connectivity index (χ0n) is 39.5. The van der Waals surface area contributed by atoms with Gasteiger partial charge in [0.2, 0.25) is 23.6 Å². The van der Waals surface area contributed by atoms with Gasteiger partial charge in [0, 0.05) is 44.6 Å². The van der Waals surface area contributed by atoms with E-state index in [0.29, 0.717) is 36.8 Å². The Bertz CT molecular complexity index is 2390. The second-order valence-corrected chi connectivity index (χ2v) is 19.1. The molecule has 4 heterocycles. The van der Waals surface area contributed by atoms with E-state index in [1.807, 2.05) is 85.9 Å². The summed E-state index contributed by atoms with van der Waals surface area (Å²) in [6.07, 6.45) is 2.26. The molecule has 0 spiro atoms. The first kappa shape index (κ1) is 48.8. The molecule has 8 N–H and O–H groups in total. The Hall–Kier alpha value is -7.17. The van der Waals surface area contributed by atoms with Gasteiger partial charge in [-0.1, -0.05) is 88.4 Å². The third kappa shape index (κ3) is 9.00. The van der Waals surface area contributed by atoms with E-state index in [2.05, 4.69) is 44.8 Å². The third-order valence-corrected chi connectivity index (χ3v) is 14.2. The van der Waals surface area contributed by atoms with Crippen LogP contribution in [0.1, 0.15) is 101 Å². The molecule has 0 bridgehead atoms. The van der Waals surface area contributed by atoms with Gasteiger partial charge in [-0.25, -0.2) is 14.6 Å². The molecule has 3 aliphatic rings. The fraction of sp³-hybridized carbons (Fsp3) is 0.431. The van der Waals surface area contributed by atoms with Crippen molar-refractivity contribution >= 4 is 47.3 Å². The van der Waals surface area contributed by atoms with Crippen molar-refractivity contribution in [2.24, 2.45) is 23.3 Å². The monoisotopic (exact) mass is 929 g/mol. The van der Waals surface area contributed by atoms with Crippen LogP contribution in [0.15, 0.2) is 91.1 Å². The lowest BCUT2D eigenvalue weighted by Gasteiger charge is -2.39. The quantitative estimate of drug-likeness (QED) is 0.0797. The van der Waals surface area contributed by atoms with Crippen molar-refractivity contribution < 1.29 is 39.0 Å². The first-order valence-electron chi connectivity index (χ1n) is 23.3. The summed E-state index contributed by atoms with van der Waals surface area (Å²) in [7, 11) is 3.88. The number of rotatable bonds is 15. The summed E-state index contributed by atoms with van der Waals surface area (Å²) in [6.45, 7) is 7.46. The summed E-state index contributed by atoms with van der Waals surface area (Å²) in [5.74, 6) is -2.30. The summed E-state index contributed by atoms with van der Waals surface area (Å²) in [5.41, 5.74) is 15.3. The number of hydrogen-bond donors (Lipinski definition) is 6. The topological polar surface area (TPSA) is 245 Å². The van der Waals surface area contributed by atoms with E-state index in [0.717, 1.165) is 46.6 Å². The minimum Gasteiger partial charge on any atom is -0.465 e. The van der Waals surface area contributed by atoms with Crippen LogP contribution in [0.3, 0.4) is 0 Å². The molecule has 6 amide bonds. The number of amides is 6. The number of carbonyl (C=O) groups is 6. The van der Waals surface area contributed by atoms with E-state index >= 15 is 0 Å². The zero-order valence-corrected chi connectivity index (χ0v) is 39.5. The highest BCUT2D eigenvalue weighted by Gasteiger charge is 2.53. The summed E-state index contributed by atoms with van der Waals surface area (Å²) in [5, 5.41) is 23.8. The van der Waals surface area contributed by atoms with Crippen LogP contribution < -0.4 is 31.9 Å². The Balaban J connectivity index is 1.24. The number of carboxylic acid groups (broad SMARTS) is 2. The van der Waals surface area contributed by atoms with Crippen molar-refractivity contribution in [1.82, 2.24) is 25.4 Å². The second-order valence-electron chi connectivity index (χ2n) is 19.1. The van der Waals surface area contributed by atoms with E-state index in [9.17, 15) is 39.0 Å². The van der Waals surface area contributed by atoms with Crippen molar-refractivity contribution in [2.45, 2.75) is 101 Å². The van der Waals surface area contributed by atoms with Crippen LogP contribution in [0.4, 0.5) is 21.1 Å². The molecule has 0 saturated carbocycles. The number of nitrogens with one attached hydrogen (secondary N) is 2. The number of primary amides is 2. The molecule has 0 unspecified atom stereocenters. The van der Waals surface area contributed by atoms with Crippen LogP contribution in [0.5, 0.6) is 0 Å². The van der Waals surface area contributed by atoms with Gasteiger partial charge in [0.25, 0.3) is 0 Å². The number of pyridine rings is 1. The SMILES string of the molecule is CC(C)[C@H](NC(=O)O)C(=O)N1CCC[C@@]1(C(N)=O)c1ccc([C@@H]2CC[C@@H](c3ccc([C@]4(C(N)=O)CCCN4C(=O)[C@@H](NC(=O)O)C(C)C)cc3)N2c2ccc(-c3ccc(N(C)C)nc3)cc2)cc1. The molecule has 360 valence electrons. The van der Waals surface area contributed by atoms with Gasteiger partial charge in [0.1, 0.15) is 29.0 Å². The molecule has 17 heteroatoms. The Morgan fingerprint density at radius 1 is 0.632 bits per heavy atom. The van der Waals surface area contributed by atoms with Crippen molar-refractivity contribution in [2.75, 3.05) is 37.0 Å². The number of benzene rings is 3. The normalized spacial score (nSPS) is 22.3. The summed E-state index contributed by atoms with van der Waals surface area (Å²) in [4.78, 5) is 90.3. The highest BCUT2D eigenvalue weighted by atomic mass is 16.4. The number of hydrogen-bond acceptors (Lipinski definition) is 9. The Morgan fingerprint density at radius 3 is 1.38 bits per heavy atom. The van der Waals surface area contributed by atoms with Crippen molar-refractivity contribution in [1.29, 1.82) is 0 Å². The molecule has 0 radical (unpaired) electrons. The first-order chi connectivity index (χ1) is 32.3. The number of carbonyl (C=O) groups excluding carboxylic acids is 4. The van der Waals surface area contributed by atoms with Gasteiger partial charge in [-0.05, 0) is 102 Å². The first-order valence-corrected chi connectivity index (χ1v) is 23.3. The van der Waals surface area contributed by atoms with Gasteiger partial charge in [-0.15, -0.1) is 0 Å². The van der Waals surface area contributed by atoms with Gasteiger partial charge in [-0.2, -0.15) is 0 Å². The van der Waals surface area contributed by atoms with Crippen molar-refractivity contribution in [3.05, 3.63) is 113 Å². The molecule has 1 aromatic heterocycles. The number of nitrogens with two attached hydrogens (primary N) is 2. The molecule has 4 aromatic rings. The van der Waals surface area contributed by atoms with E-state index in [1.165, 1.54) is 9.80 Å². The second kappa shape index (κ2) is 19.6. The molecule has 17 nitrogen and oxygen atoms in total. The van der Waals surface area contributed by atoms with Crippen LogP contribution in [0.2, 0.25) is 0 Å². The van der Waals surface area contributed by atoms with Crippen LogP contribution in [-0.4, -0.2) is 100 Å². The Morgan fingerprint density at radius 2 is 1.04 bits per heavy atom. The van der Waals surface area contributed by atoms with E-state index < -0.39 is 59.0 Å². The molecule has 6 atom stereocenters. The van der Waals surface area contributed by atoms with E-state index in [4.69, 9.17) is 11.5 Å². The average molecular weight is 930 g/mol. The third-order valence-electron chi connectivity index (χ3n) is 14.2. The molecule has 3 saturated heterocycles. The molecule has 68 heavy (non-hydrogen) atoms. The predicted molar refractivity (Wildman–Crippen MR) is 257 cm³/mol. The lowest BCUT2D eigenvalue weighted by molar-refractivity contribution is -0.146. The van der Waals surface area contributed by atoms with Gasteiger partial charge in [0.05, 0.1) is 12.1 Å². The standard InChI is InChI=1S/C51H63N9O8/c1-30(2)42(55-48(65)66)44(61)58-27-7-25-50(58,46(52)63)36-16-9-33(10-17-36)39-22-23-40(60(39)38-20-13-32(14-21-38)35-15-24-41(54-29-35)57(5)6)34-11-18-37(19-12-34)51(47(53)64)26-8-28-59(51)45(62)43(31(3)4)56-49(67)68/h9-21,24,29-31,39-40,42-43,55-56H,7-8,22-23,25-28H2,1-6H3,(H2,52,63)(H2,53,64)(H,65,66)(H,67,68)/t39-,40-,42-,43-,50-,51-/m0/s1. The van der Waals surface area contributed by atoms with E-state index in [-0.39, 0.29) is 37.0 Å². The minimum atomic E-state index is -1.47. The maximum Gasteiger partial charge on any atom is 0.405 e. The summed E-state index contributed by atoms with van der Waals surface area (Å²) >= 11 is 0. The number of aromatic nitrogens is 1. The van der Waals surface area contributed by atoms with Crippen LogP contribution in [0, 0.1) is 11.8 Å². The molecule has 3 fully saturated rings. The van der Waals surface area contributed by atoms with Crippen LogP contribution in [0.25, 0.3) is 11.1 Å². The van der Waals surface area contributed by atoms with Crippen molar-refractivity contribution in [3.63, 3.8) is 0 Å². The summed E-state index contributed by atoms with van der Waals surface area (Å²) < 4.78 is 0. The molecular formula is C51H63N9O8. The lowest BCUT2D eigenvalue weighted by Crippen LogP contribution is -2.59. The Labute approximate surface area is 396 Å². The van der Waals surface area contributed by atoms with Gasteiger partial charge < -0.3 is 51.9 Å². The predicted octanol–water partition coefficient (Wildman–Crippen LogP) is 6.09. The van der Waals surface area contributed by atoms with Crippen molar-refractivity contribution in [3.8, 4) is 11.1 Å². The largest absolute Gasteiger partial charge is 0.465 e. The van der Waals surface area contributed by atoms with Gasteiger partial charge >= 0.3 is 12.2 Å². The lowest BCUT2D eigenvalue weighted by atomic mass is 9.84. The minimum absolute atomic E-state index is 0.147. The van der Waals surface area contributed by atoms with Crippen LogP contribution in [-0.2, 0) is 30.3 Å². The highest BCUT2D eigenvalue weighted by molar-refractivity contribution is 5.96. The van der Waals surface area contributed by atoms with E-state index in [1.54, 1.807) is 27.7 Å². The fourth-order valence-corrected chi connectivity index (χ4v) is 10.7. The summed E-state index contributed by atoms with van der Waals surface area (Å²) in [6, 6.07) is 25.2. The average Bonchev–Trinajstić information content (AvgIpc) is 4.08. The molecule has 3 aromatic carbocycles. The number of likely N-dealkylation sites (tertiary alicyclic amines) is 2. The fourth-order valence-electron chi connectivity index (χ4n) is 10.7. The molecule has 3 aliphatic heterocycles. The van der Waals surface area contributed by atoms with Gasteiger partial charge in [-0.3, -0.25) is 19.2 Å². The molecular weight excluding hydrogens is 867 g/mol. The zero-order chi connectivity index (χ0) is 49.2. The Kier molecular flexibility index (Phi) is 14.0. The van der Waals surface area contributed by atoms with Crippen LogP contribution >= 0.6 is 0 Å². The van der Waals surface area contributed by atoms with Gasteiger partial charge in [0.15, 0.2) is 0 Å².